The summed E-state index contributed by atoms with van der Waals surface area (Å²) >= 11 is 0. The molecule has 0 aromatic heterocycles. The molecule has 3 nitrogen and oxygen atoms in total. The van der Waals surface area contributed by atoms with Gasteiger partial charge in [-0.25, -0.2) is 4.99 Å². The number of benzene rings is 1. The molecule has 0 heterocycles. The summed E-state index contributed by atoms with van der Waals surface area (Å²) in [4.78, 5) is 3.99. The molecule has 1 rings (SSSR count). The maximum absolute atomic E-state index is 5.27. The summed E-state index contributed by atoms with van der Waals surface area (Å²) in [5.74, 6) is 0.141. The van der Waals surface area contributed by atoms with Crippen molar-refractivity contribution in [2.75, 3.05) is 0 Å². The second-order valence-electron chi connectivity index (χ2n) is 3.11. The summed E-state index contributed by atoms with van der Waals surface area (Å²) in [5.41, 5.74) is 14.2. The Balaban J connectivity index is 2.94. The molecule has 0 saturated heterocycles. The molecule has 13 heavy (non-hydrogen) atoms. The molecular weight excluding hydrogens is 162 g/mol. The Labute approximate surface area is 78.5 Å². The minimum atomic E-state index is 0.141. The molecule has 4 N–H and O–H groups in total. The van der Waals surface area contributed by atoms with Crippen molar-refractivity contribution in [3.63, 3.8) is 0 Å². The van der Waals surface area contributed by atoms with Gasteiger partial charge in [-0.2, -0.15) is 0 Å². The van der Waals surface area contributed by atoms with Crippen LogP contribution in [0.2, 0.25) is 0 Å². The molecular formula is C10H15N3. The SMILES string of the molecule is Cc1cccc(C)c1CN=C(N)N. The van der Waals surface area contributed by atoms with Crippen molar-refractivity contribution < 1.29 is 0 Å². The lowest BCUT2D eigenvalue weighted by atomic mass is 10.0. The van der Waals surface area contributed by atoms with Crippen molar-refractivity contribution in [3.8, 4) is 0 Å². The first-order valence-corrected chi connectivity index (χ1v) is 4.21. The van der Waals surface area contributed by atoms with Gasteiger partial charge in [0.2, 0.25) is 0 Å². The number of guanidine groups is 1. The standard InChI is InChI=1S/C10H15N3/c1-7-4-3-5-8(2)9(7)6-13-10(11)12/h3-5H,6H2,1-2H3,(H4,11,12,13). The molecule has 0 amide bonds. The van der Waals surface area contributed by atoms with E-state index in [-0.39, 0.29) is 5.96 Å². The van der Waals surface area contributed by atoms with Crippen LogP contribution in [0.15, 0.2) is 23.2 Å². The molecule has 0 spiro atoms. The highest BCUT2D eigenvalue weighted by Crippen LogP contribution is 2.13. The van der Waals surface area contributed by atoms with Gasteiger partial charge in [-0.1, -0.05) is 18.2 Å². The Morgan fingerprint density at radius 1 is 1.23 bits per heavy atom. The highest BCUT2D eigenvalue weighted by molar-refractivity contribution is 5.75. The van der Waals surface area contributed by atoms with E-state index in [0.717, 1.165) is 0 Å². The van der Waals surface area contributed by atoms with Gasteiger partial charge in [-0.3, -0.25) is 0 Å². The minimum absolute atomic E-state index is 0.141. The van der Waals surface area contributed by atoms with E-state index < -0.39 is 0 Å². The van der Waals surface area contributed by atoms with Crippen LogP contribution in [0.25, 0.3) is 0 Å². The van der Waals surface area contributed by atoms with Crippen LogP contribution in [0.3, 0.4) is 0 Å². The van der Waals surface area contributed by atoms with Crippen LogP contribution >= 0.6 is 0 Å². The Bertz CT molecular complexity index is 305. The largest absolute Gasteiger partial charge is 0.370 e. The van der Waals surface area contributed by atoms with Crippen LogP contribution in [0.4, 0.5) is 0 Å². The number of aryl methyl sites for hydroxylation is 2. The van der Waals surface area contributed by atoms with Gasteiger partial charge in [0.05, 0.1) is 6.54 Å². The van der Waals surface area contributed by atoms with E-state index in [2.05, 4.69) is 31.0 Å². The van der Waals surface area contributed by atoms with E-state index in [9.17, 15) is 0 Å². The summed E-state index contributed by atoms with van der Waals surface area (Å²) in [6, 6.07) is 6.15. The fourth-order valence-electron chi connectivity index (χ4n) is 1.27. The average molecular weight is 177 g/mol. The molecule has 0 fully saturated rings. The van der Waals surface area contributed by atoms with Crippen LogP contribution in [0.5, 0.6) is 0 Å². The quantitative estimate of drug-likeness (QED) is 0.524. The molecule has 0 aliphatic carbocycles. The lowest BCUT2D eigenvalue weighted by molar-refractivity contribution is 1.02. The van der Waals surface area contributed by atoms with Gasteiger partial charge in [-0.15, -0.1) is 0 Å². The number of nitrogens with zero attached hydrogens (tertiary/aromatic N) is 1. The second-order valence-corrected chi connectivity index (χ2v) is 3.11. The fraction of sp³-hybridized carbons (Fsp3) is 0.300. The molecule has 0 bridgehead atoms. The fourth-order valence-corrected chi connectivity index (χ4v) is 1.27. The monoisotopic (exact) mass is 177 g/mol. The molecule has 1 aromatic rings. The summed E-state index contributed by atoms with van der Waals surface area (Å²) < 4.78 is 0. The average Bonchev–Trinajstić information content (AvgIpc) is 2.03. The Morgan fingerprint density at radius 3 is 2.23 bits per heavy atom. The van der Waals surface area contributed by atoms with E-state index in [1.165, 1.54) is 16.7 Å². The normalized spacial score (nSPS) is 9.69. The van der Waals surface area contributed by atoms with Gasteiger partial charge >= 0.3 is 0 Å². The summed E-state index contributed by atoms with van der Waals surface area (Å²) in [6.45, 7) is 4.69. The molecule has 70 valence electrons. The van der Waals surface area contributed by atoms with Gasteiger partial charge in [0.1, 0.15) is 0 Å². The van der Waals surface area contributed by atoms with E-state index in [1.807, 2.05) is 6.07 Å². The zero-order valence-electron chi connectivity index (χ0n) is 8.04. The van der Waals surface area contributed by atoms with Crippen molar-refractivity contribution in [2.24, 2.45) is 16.5 Å². The van der Waals surface area contributed by atoms with Crippen molar-refractivity contribution in [1.82, 2.24) is 0 Å². The van der Waals surface area contributed by atoms with E-state index in [4.69, 9.17) is 11.5 Å². The molecule has 1 aromatic carbocycles. The first-order valence-electron chi connectivity index (χ1n) is 4.21. The molecule has 0 saturated carbocycles. The zero-order valence-corrected chi connectivity index (χ0v) is 8.04. The Hall–Kier alpha value is -1.51. The smallest absolute Gasteiger partial charge is 0.186 e. The van der Waals surface area contributed by atoms with Crippen molar-refractivity contribution in [3.05, 3.63) is 34.9 Å². The summed E-state index contributed by atoms with van der Waals surface area (Å²) in [6.07, 6.45) is 0. The van der Waals surface area contributed by atoms with Gasteiger partial charge < -0.3 is 11.5 Å². The van der Waals surface area contributed by atoms with Crippen LogP contribution in [0, 0.1) is 13.8 Å². The van der Waals surface area contributed by atoms with Gasteiger partial charge in [0.15, 0.2) is 5.96 Å². The van der Waals surface area contributed by atoms with Crippen LogP contribution in [-0.4, -0.2) is 5.96 Å². The third-order valence-corrected chi connectivity index (χ3v) is 2.06. The lowest BCUT2D eigenvalue weighted by Crippen LogP contribution is -2.22. The predicted molar refractivity (Wildman–Crippen MR) is 55.4 cm³/mol. The number of rotatable bonds is 2. The van der Waals surface area contributed by atoms with Crippen molar-refractivity contribution in [2.45, 2.75) is 20.4 Å². The van der Waals surface area contributed by atoms with Gasteiger partial charge in [-0.05, 0) is 30.5 Å². The molecule has 0 unspecified atom stereocenters. The highest BCUT2D eigenvalue weighted by Gasteiger charge is 1.99. The van der Waals surface area contributed by atoms with Crippen LogP contribution in [0.1, 0.15) is 16.7 Å². The van der Waals surface area contributed by atoms with Gasteiger partial charge in [0, 0.05) is 0 Å². The van der Waals surface area contributed by atoms with Crippen molar-refractivity contribution >= 4 is 5.96 Å². The topological polar surface area (TPSA) is 64.4 Å². The van der Waals surface area contributed by atoms with Crippen molar-refractivity contribution in [1.29, 1.82) is 0 Å². The number of aliphatic imine (C=N–C) groups is 1. The zero-order chi connectivity index (χ0) is 9.84. The molecule has 0 aliphatic heterocycles. The first kappa shape index (κ1) is 9.58. The molecule has 0 radical (unpaired) electrons. The highest BCUT2D eigenvalue weighted by atomic mass is 15.0. The molecule has 0 aliphatic rings. The third-order valence-electron chi connectivity index (χ3n) is 2.06. The van der Waals surface area contributed by atoms with Crippen LogP contribution in [-0.2, 0) is 6.54 Å². The Kier molecular flexibility index (Phi) is 2.90. The van der Waals surface area contributed by atoms with E-state index >= 15 is 0 Å². The second kappa shape index (κ2) is 3.94. The van der Waals surface area contributed by atoms with E-state index in [1.54, 1.807) is 0 Å². The van der Waals surface area contributed by atoms with Crippen LogP contribution < -0.4 is 11.5 Å². The Morgan fingerprint density at radius 2 is 1.77 bits per heavy atom. The first-order chi connectivity index (χ1) is 6.11. The number of hydrogen-bond donors (Lipinski definition) is 2. The number of nitrogens with two attached hydrogens (primary N) is 2. The van der Waals surface area contributed by atoms with Gasteiger partial charge in [0.25, 0.3) is 0 Å². The summed E-state index contributed by atoms with van der Waals surface area (Å²) in [5, 5.41) is 0. The minimum Gasteiger partial charge on any atom is -0.370 e. The molecule has 3 heteroatoms. The predicted octanol–water partition coefficient (Wildman–Crippen LogP) is 1.08. The third kappa shape index (κ3) is 2.47. The maximum atomic E-state index is 5.27. The summed E-state index contributed by atoms with van der Waals surface area (Å²) in [7, 11) is 0. The maximum Gasteiger partial charge on any atom is 0.186 e. The lowest BCUT2D eigenvalue weighted by Gasteiger charge is -2.06. The van der Waals surface area contributed by atoms with E-state index in [0.29, 0.717) is 6.54 Å². The number of hydrogen-bond acceptors (Lipinski definition) is 1. The molecule has 0 atom stereocenters.